The minimum atomic E-state index is -0.208. The van der Waals surface area contributed by atoms with E-state index in [0.717, 1.165) is 34.7 Å². The van der Waals surface area contributed by atoms with Gasteiger partial charge in [0.15, 0.2) is 5.76 Å². The fourth-order valence-electron chi connectivity index (χ4n) is 3.38. The van der Waals surface area contributed by atoms with E-state index in [9.17, 15) is 4.79 Å². The van der Waals surface area contributed by atoms with Gasteiger partial charge >= 0.3 is 0 Å². The summed E-state index contributed by atoms with van der Waals surface area (Å²) < 4.78 is 7.48. The maximum absolute atomic E-state index is 13.3. The van der Waals surface area contributed by atoms with Crippen molar-refractivity contribution < 1.29 is 9.21 Å². The van der Waals surface area contributed by atoms with E-state index in [1.807, 2.05) is 74.5 Å². The zero-order valence-corrected chi connectivity index (χ0v) is 16.8. The molecular weight excluding hydrogens is 362 g/mol. The molecule has 0 fully saturated rings. The highest BCUT2D eigenvalue weighted by Gasteiger charge is 2.22. The number of nitrogens with zero attached hydrogens (tertiary/aromatic N) is 2. The first-order valence-electron chi connectivity index (χ1n) is 9.68. The molecule has 0 unspecified atom stereocenters. The van der Waals surface area contributed by atoms with Gasteiger partial charge in [-0.2, -0.15) is 5.10 Å². The summed E-state index contributed by atoms with van der Waals surface area (Å²) in [4.78, 5) is 13.3. The number of benzene rings is 2. The van der Waals surface area contributed by atoms with Gasteiger partial charge in [-0.3, -0.25) is 4.79 Å². The van der Waals surface area contributed by atoms with Crippen LogP contribution in [0, 0.1) is 13.8 Å². The van der Waals surface area contributed by atoms with Crippen molar-refractivity contribution in [1.82, 2.24) is 9.78 Å². The highest BCUT2D eigenvalue weighted by molar-refractivity contribution is 6.08. The van der Waals surface area contributed by atoms with Crippen molar-refractivity contribution >= 4 is 11.6 Å². The molecule has 0 aliphatic rings. The summed E-state index contributed by atoms with van der Waals surface area (Å²) in [5, 5.41) is 7.75. The van der Waals surface area contributed by atoms with Crippen LogP contribution in [0.25, 0.3) is 17.1 Å². The standard InChI is InChI=1S/C24H23N3O2/c1-4-18-10-8-9-16(2)22(18)25-24(28)20-15-27(19-11-6-5-7-12-19)26-23(20)21-14-13-17(3)29-21/h5-15H,4H2,1-3H3,(H,25,28). The van der Waals surface area contributed by atoms with Crippen LogP contribution in [-0.2, 0) is 6.42 Å². The average molecular weight is 385 g/mol. The number of carbonyl (C=O) groups is 1. The van der Waals surface area contributed by atoms with E-state index in [4.69, 9.17) is 4.42 Å². The van der Waals surface area contributed by atoms with E-state index in [0.29, 0.717) is 17.0 Å². The van der Waals surface area contributed by atoms with E-state index in [-0.39, 0.29) is 5.91 Å². The first kappa shape index (κ1) is 18.7. The first-order valence-corrected chi connectivity index (χ1v) is 9.68. The molecule has 1 amide bonds. The van der Waals surface area contributed by atoms with Crippen LogP contribution >= 0.6 is 0 Å². The fourth-order valence-corrected chi connectivity index (χ4v) is 3.38. The van der Waals surface area contributed by atoms with Gasteiger partial charge in [0, 0.05) is 11.9 Å². The molecule has 0 aliphatic heterocycles. The summed E-state index contributed by atoms with van der Waals surface area (Å²) in [5.41, 5.74) is 4.85. The Bertz CT molecular complexity index is 1160. The Morgan fingerprint density at radius 3 is 2.52 bits per heavy atom. The molecule has 4 rings (SSSR count). The number of para-hydroxylation sites is 2. The summed E-state index contributed by atoms with van der Waals surface area (Å²) in [5.74, 6) is 1.14. The van der Waals surface area contributed by atoms with Crippen molar-refractivity contribution in [2.45, 2.75) is 27.2 Å². The van der Waals surface area contributed by atoms with Gasteiger partial charge in [-0.05, 0) is 55.7 Å². The van der Waals surface area contributed by atoms with Crippen LogP contribution in [-0.4, -0.2) is 15.7 Å². The Morgan fingerprint density at radius 2 is 1.83 bits per heavy atom. The predicted molar refractivity (Wildman–Crippen MR) is 115 cm³/mol. The number of aryl methyl sites for hydroxylation is 3. The lowest BCUT2D eigenvalue weighted by Crippen LogP contribution is -2.14. The summed E-state index contributed by atoms with van der Waals surface area (Å²) in [6, 6.07) is 19.5. The second-order valence-electron chi connectivity index (χ2n) is 7.00. The molecule has 146 valence electrons. The van der Waals surface area contributed by atoms with Crippen molar-refractivity contribution in [3.05, 3.63) is 89.3 Å². The minimum Gasteiger partial charge on any atom is -0.460 e. The van der Waals surface area contributed by atoms with Gasteiger partial charge in [-0.25, -0.2) is 4.68 Å². The van der Waals surface area contributed by atoms with Crippen LogP contribution in [0.3, 0.4) is 0 Å². The van der Waals surface area contributed by atoms with E-state index < -0.39 is 0 Å². The second-order valence-corrected chi connectivity index (χ2v) is 7.00. The highest BCUT2D eigenvalue weighted by Crippen LogP contribution is 2.28. The number of furan rings is 1. The van der Waals surface area contributed by atoms with Gasteiger partial charge in [0.25, 0.3) is 5.91 Å². The van der Waals surface area contributed by atoms with Gasteiger partial charge in [0.2, 0.25) is 0 Å². The van der Waals surface area contributed by atoms with Crippen molar-refractivity contribution in [2.24, 2.45) is 0 Å². The third kappa shape index (κ3) is 3.72. The zero-order valence-electron chi connectivity index (χ0n) is 16.8. The van der Waals surface area contributed by atoms with E-state index in [1.165, 1.54) is 0 Å². The van der Waals surface area contributed by atoms with Crippen molar-refractivity contribution in [3.8, 4) is 17.1 Å². The number of aromatic nitrogens is 2. The molecule has 5 nitrogen and oxygen atoms in total. The molecule has 0 bridgehead atoms. The molecule has 0 saturated carbocycles. The zero-order chi connectivity index (χ0) is 20.4. The largest absolute Gasteiger partial charge is 0.460 e. The van der Waals surface area contributed by atoms with Crippen LogP contribution in [0.5, 0.6) is 0 Å². The molecule has 2 heterocycles. The Hall–Kier alpha value is -3.60. The van der Waals surface area contributed by atoms with Gasteiger partial charge in [-0.15, -0.1) is 0 Å². The fraction of sp³-hybridized carbons (Fsp3) is 0.167. The average Bonchev–Trinajstić information content (AvgIpc) is 3.36. The Balaban J connectivity index is 1.78. The SMILES string of the molecule is CCc1cccc(C)c1NC(=O)c1cn(-c2ccccc2)nc1-c1ccc(C)o1. The van der Waals surface area contributed by atoms with Gasteiger partial charge in [0.1, 0.15) is 11.5 Å². The molecule has 1 N–H and O–H groups in total. The first-order chi connectivity index (χ1) is 14.1. The predicted octanol–water partition coefficient (Wildman–Crippen LogP) is 5.56. The number of rotatable bonds is 5. The number of amides is 1. The van der Waals surface area contributed by atoms with Crippen molar-refractivity contribution in [3.63, 3.8) is 0 Å². The Labute approximate surface area is 170 Å². The van der Waals surface area contributed by atoms with Gasteiger partial charge < -0.3 is 9.73 Å². The lowest BCUT2D eigenvalue weighted by molar-refractivity contribution is 0.102. The molecule has 2 aromatic heterocycles. The van der Waals surface area contributed by atoms with Gasteiger partial charge in [0.05, 0.1) is 11.3 Å². The Kier molecular flexibility index (Phi) is 5.04. The number of carbonyl (C=O) groups excluding carboxylic acids is 1. The lowest BCUT2D eigenvalue weighted by atomic mass is 10.1. The quantitative estimate of drug-likeness (QED) is 0.489. The summed E-state index contributed by atoms with van der Waals surface area (Å²) in [6.07, 6.45) is 2.59. The molecule has 0 spiro atoms. The highest BCUT2D eigenvalue weighted by atomic mass is 16.3. The van der Waals surface area contributed by atoms with Crippen LogP contribution < -0.4 is 5.32 Å². The van der Waals surface area contributed by atoms with Crippen molar-refractivity contribution in [1.29, 1.82) is 0 Å². The monoisotopic (exact) mass is 385 g/mol. The lowest BCUT2D eigenvalue weighted by Gasteiger charge is -2.12. The van der Waals surface area contributed by atoms with Crippen LogP contribution in [0.15, 0.2) is 71.3 Å². The van der Waals surface area contributed by atoms with E-state index >= 15 is 0 Å². The third-order valence-electron chi connectivity index (χ3n) is 4.93. The molecule has 29 heavy (non-hydrogen) atoms. The van der Waals surface area contributed by atoms with Crippen molar-refractivity contribution in [2.75, 3.05) is 5.32 Å². The van der Waals surface area contributed by atoms with Crippen LogP contribution in [0.4, 0.5) is 5.69 Å². The third-order valence-corrected chi connectivity index (χ3v) is 4.93. The topological polar surface area (TPSA) is 60.1 Å². The smallest absolute Gasteiger partial charge is 0.259 e. The number of nitrogens with one attached hydrogen (secondary N) is 1. The van der Waals surface area contributed by atoms with Crippen LogP contribution in [0.1, 0.15) is 34.2 Å². The molecule has 0 radical (unpaired) electrons. The molecule has 2 aromatic carbocycles. The van der Waals surface area contributed by atoms with Crippen LogP contribution in [0.2, 0.25) is 0 Å². The molecule has 0 aliphatic carbocycles. The summed E-state index contributed by atoms with van der Waals surface area (Å²) >= 11 is 0. The molecule has 5 heteroatoms. The normalized spacial score (nSPS) is 10.9. The minimum absolute atomic E-state index is 0.208. The molecule has 4 aromatic rings. The molecule has 0 atom stereocenters. The number of hydrogen-bond acceptors (Lipinski definition) is 3. The van der Waals surface area contributed by atoms with E-state index in [2.05, 4.69) is 17.3 Å². The molecular formula is C24H23N3O2. The van der Waals surface area contributed by atoms with Gasteiger partial charge in [-0.1, -0.05) is 43.3 Å². The molecule has 0 saturated heterocycles. The Morgan fingerprint density at radius 1 is 1.03 bits per heavy atom. The maximum atomic E-state index is 13.3. The maximum Gasteiger partial charge on any atom is 0.259 e. The summed E-state index contributed by atoms with van der Waals surface area (Å²) in [7, 11) is 0. The number of hydrogen-bond donors (Lipinski definition) is 1. The second kappa shape index (κ2) is 7.80. The van der Waals surface area contributed by atoms with E-state index in [1.54, 1.807) is 10.9 Å². The summed E-state index contributed by atoms with van der Waals surface area (Å²) in [6.45, 7) is 5.95. The number of anilines is 1.